The average molecular weight is 338 g/mol. The first-order valence-corrected chi connectivity index (χ1v) is 9.43. The van der Waals surface area contributed by atoms with Crippen LogP contribution in [-0.4, -0.2) is 23.9 Å². The normalized spacial score (nSPS) is 17.6. The molecule has 25 heavy (non-hydrogen) atoms. The summed E-state index contributed by atoms with van der Waals surface area (Å²) in [5, 5.41) is 4.54. The SMILES string of the molecule is Cc1cc(C(=O)C2(CCC(C)(C)C)CCNCC2)nc2ccccc12. The van der Waals surface area contributed by atoms with Crippen LogP contribution >= 0.6 is 0 Å². The van der Waals surface area contributed by atoms with Gasteiger partial charge < -0.3 is 5.32 Å². The highest BCUT2D eigenvalue weighted by Gasteiger charge is 2.41. The lowest BCUT2D eigenvalue weighted by Gasteiger charge is -2.38. The van der Waals surface area contributed by atoms with Crippen LogP contribution in [0.25, 0.3) is 10.9 Å². The maximum absolute atomic E-state index is 13.5. The largest absolute Gasteiger partial charge is 0.317 e. The van der Waals surface area contributed by atoms with Crippen LogP contribution in [0.5, 0.6) is 0 Å². The summed E-state index contributed by atoms with van der Waals surface area (Å²) in [4.78, 5) is 18.3. The van der Waals surface area contributed by atoms with Crippen molar-refractivity contribution in [2.45, 2.75) is 53.4 Å². The van der Waals surface area contributed by atoms with Gasteiger partial charge in [-0.2, -0.15) is 0 Å². The van der Waals surface area contributed by atoms with E-state index in [-0.39, 0.29) is 16.6 Å². The van der Waals surface area contributed by atoms with E-state index in [0.29, 0.717) is 5.69 Å². The molecule has 0 radical (unpaired) electrons. The molecule has 0 amide bonds. The van der Waals surface area contributed by atoms with E-state index in [0.717, 1.165) is 55.2 Å². The number of aromatic nitrogens is 1. The summed E-state index contributed by atoms with van der Waals surface area (Å²) in [6.07, 6.45) is 3.83. The molecule has 1 aromatic heterocycles. The highest BCUT2D eigenvalue weighted by Crippen LogP contribution is 2.40. The van der Waals surface area contributed by atoms with Crippen LogP contribution in [0.15, 0.2) is 30.3 Å². The van der Waals surface area contributed by atoms with Crippen molar-refractivity contribution < 1.29 is 4.79 Å². The van der Waals surface area contributed by atoms with Crippen LogP contribution in [0, 0.1) is 17.8 Å². The second-order valence-corrected chi connectivity index (χ2v) is 8.76. The third kappa shape index (κ3) is 3.92. The van der Waals surface area contributed by atoms with E-state index in [1.54, 1.807) is 0 Å². The lowest BCUT2D eigenvalue weighted by molar-refractivity contribution is 0.0671. The summed E-state index contributed by atoms with van der Waals surface area (Å²) in [5.74, 6) is 0.243. The van der Waals surface area contributed by atoms with Gasteiger partial charge in [0.25, 0.3) is 0 Å². The van der Waals surface area contributed by atoms with Crippen LogP contribution in [0.1, 0.15) is 62.5 Å². The smallest absolute Gasteiger partial charge is 0.187 e. The minimum absolute atomic E-state index is 0.241. The highest BCUT2D eigenvalue weighted by molar-refractivity contribution is 6.01. The molecule has 1 saturated heterocycles. The van der Waals surface area contributed by atoms with Crippen molar-refractivity contribution in [3.05, 3.63) is 41.6 Å². The maximum Gasteiger partial charge on any atom is 0.187 e. The van der Waals surface area contributed by atoms with Crippen molar-refractivity contribution in [1.82, 2.24) is 10.3 Å². The summed E-state index contributed by atoms with van der Waals surface area (Å²) in [7, 11) is 0. The van der Waals surface area contributed by atoms with Gasteiger partial charge >= 0.3 is 0 Å². The molecular weight excluding hydrogens is 308 g/mol. The number of nitrogens with zero attached hydrogens (tertiary/aromatic N) is 1. The molecule has 1 aliphatic heterocycles. The van der Waals surface area contributed by atoms with Gasteiger partial charge in [-0.1, -0.05) is 39.0 Å². The zero-order valence-corrected chi connectivity index (χ0v) is 16.0. The van der Waals surface area contributed by atoms with Crippen LogP contribution < -0.4 is 5.32 Å². The van der Waals surface area contributed by atoms with Crippen LogP contribution in [-0.2, 0) is 0 Å². The fourth-order valence-electron chi connectivity index (χ4n) is 3.85. The van der Waals surface area contributed by atoms with Gasteiger partial charge in [0, 0.05) is 10.8 Å². The number of ketones is 1. The molecule has 1 fully saturated rings. The first kappa shape index (κ1) is 18.1. The van der Waals surface area contributed by atoms with Crippen molar-refractivity contribution in [2.24, 2.45) is 10.8 Å². The Labute approximate surface area is 151 Å². The Kier molecular flexibility index (Phi) is 4.97. The number of hydrogen-bond acceptors (Lipinski definition) is 3. The standard InChI is InChI=1S/C22H30N2O/c1-16-15-19(24-18-8-6-5-7-17(16)18)20(25)22(10-9-21(2,3)4)11-13-23-14-12-22/h5-8,15,23H,9-14H2,1-4H3. The Morgan fingerprint density at radius 2 is 1.88 bits per heavy atom. The van der Waals surface area contributed by atoms with E-state index in [1.165, 1.54) is 0 Å². The van der Waals surface area contributed by atoms with Crippen LogP contribution in [0.3, 0.4) is 0 Å². The molecule has 1 aromatic carbocycles. The number of nitrogens with one attached hydrogen (secondary N) is 1. The number of fused-ring (bicyclic) bond motifs is 1. The van der Waals surface area contributed by atoms with Crippen molar-refractivity contribution in [3.63, 3.8) is 0 Å². The van der Waals surface area contributed by atoms with Gasteiger partial charge in [-0.3, -0.25) is 4.79 Å². The van der Waals surface area contributed by atoms with E-state index < -0.39 is 0 Å². The number of pyridine rings is 1. The molecular formula is C22H30N2O. The Morgan fingerprint density at radius 3 is 2.56 bits per heavy atom. The van der Waals surface area contributed by atoms with Gasteiger partial charge in [-0.15, -0.1) is 0 Å². The molecule has 0 saturated carbocycles. The molecule has 2 aromatic rings. The first-order valence-electron chi connectivity index (χ1n) is 9.43. The van der Waals surface area contributed by atoms with Gasteiger partial charge in [-0.25, -0.2) is 4.98 Å². The Balaban J connectivity index is 1.97. The fourth-order valence-corrected chi connectivity index (χ4v) is 3.85. The molecule has 0 aliphatic carbocycles. The minimum Gasteiger partial charge on any atom is -0.317 e. The number of Topliss-reactive ketones (excluding diaryl/α,β-unsaturated/α-hetero) is 1. The van der Waals surface area contributed by atoms with Crippen molar-refractivity contribution in [3.8, 4) is 0 Å². The Bertz CT molecular complexity index is 767. The van der Waals surface area contributed by atoms with Gasteiger partial charge in [0.2, 0.25) is 0 Å². The Hall–Kier alpha value is -1.74. The number of carbonyl (C=O) groups excluding carboxylic acids is 1. The molecule has 0 spiro atoms. The quantitative estimate of drug-likeness (QED) is 0.804. The highest BCUT2D eigenvalue weighted by atomic mass is 16.1. The molecule has 3 rings (SSSR count). The first-order chi connectivity index (χ1) is 11.8. The fraction of sp³-hybridized carbons (Fsp3) is 0.545. The molecule has 3 heteroatoms. The molecule has 3 nitrogen and oxygen atoms in total. The number of rotatable bonds is 4. The summed E-state index contributed by atoms with van der Waals surface area (Å²) in [6.45, 7) is 10.7. The number of carbonyl (C=O) groups is 1. The average Bonchev–Trinajstić information content (AvgIpc) is 2.59. The Morgan fingerprint density at radius 1 is 1.20 bits per heavy atom. The molecule has 0 unspecified atom stereocenters. The van der Waals surface area contributed by atoms with E-state index >= 15 is 0 Å². The lowest BCUT2D eigenvalue weighted by Crippen LogP contribution is -2.43. The molecule has 134 valence electrons. The van der Waals surface area contributed by atoms with E-state index in [9.17, 15) is 4.79 Å². The zero-order valence-electron chi connectivity index (χ0n) is 16.0. The molecule has 0 bridgehead atoms. The number of benzene rings is 1. The van der Waals surface area contributed by atoms with E-state index in [2.05, 4.69) is 39.1 Å². The van der Waals surface area contributed by atoms with Crippen LogP contribution in [0.4, 0.5) is 0 Å². The predicted molar refractivity (Wildman–Crippen MR) is 104 cm³/mol. The van der Waals surface area contributed by atoms with Gasteiger partial charge in [0.15, 0.2) is 5.78 Å². The van der Waals surface area contributed by atoms with Gasteiger partial charge in [-0.05, 0) is 68.8 Å². The monoisotopic (exact) mass is 338 g/mol. The molecule has 1 aliphatic rings. The summed E-state index contributed by atoms with van der Waals surface area (Å²) >= 11 is 0. The van der Waals surface area contributed by atoms with Crippen molar-refractivity contribution in [2.75, 3.05) is 13.1 Å². The summed E-state index contributed by atoms with van der Waals surface area (Å²) < 4.78 is 0. The van der Waals surface area contributed by atoms with Gasteiger partial charge in [0.1, 0.15) is 5.69 Å². The predicted octanol–water partition coefficient (Wildman–Crippen LogP) is 4.92. The molecule has 1 N–H and O–H groups in total. The minimum atomic E-state index is -0.263. The zero-order chi connectivity index (χ0) is 18.1. The number of aryl methyl sites for hydroxylation is 1. The third-order valence-corrected chi connectivity index (χ3v) is 5.55. The number of para-hydroxylation sites is 1. The number of piperidine rings is 1. The van der Waals surface area contributed by atoms with Crippen LogP contribution in [0.2, 0.25) is 0 Å². The van der Waals surface area contributed by atoms with Crippen molar-refractivity contribution >= 4 is 16.7 Å². The second kappa shape index (κ2) is 6.87. The molecule has 2 heterocycles. The summed E-state index contributed by atoms with van der Waals surface area (Å²) in [5.41, 5.74) is 2.68. The summed E-state index contributed by atoms with van der Waals surface area (Å²) in [6, 6.07) is 10.1. The van der Waals surface area contributed by atoms with Gasteiger partial charge in [0.05, 0.1) is 5.52 Å². The van der Waals surface area contributed by atoms with E-state index in [1.807, 2.05) is 24.3 Å². The van der Waals surface area contributed by atoms with Crippen molar-refractivity contribution in [1.29, 1.82) is 0 Å². The molecule has 0 atom stereocenters. The maximum atomic E-state index is 13.5. The second-order valence-electron chi connectivity index (χ2n) is 8.76. The third-order valence-electron chi connectivity index (χ3n) is 5.55. The number of hydrogen-bond donors (Lipinski definition) is 1. The van der Waals surface area contributed by atoms with E-state index in [4.69, 9.17) is 4.98 Å². The lowest BCUT2D eigenvalue weighted by atomic mass is 9.68. The topological polar surface area (TPSA) is 42.0 Å².